The molecule has 0 aliphatic heterocycles. The smallest absolute Gasteiger partial charge is 0.315 e. The van der Waals surface area contributed by atoms with Crippen molar-refractivity contribution in [3.8, 4) is 0 Å². The Hall–Kier alpha value is -1.80. The fourth-order valence-corrected chi connectivity index (χ4v) is 5.13. The van der Waals surface area contributed by atoms with Crippen molar-refractivity contribution in [1.82, 2.24) is 15.4 Å². The fraction of sp³-hybridized carbons (Fsp3) is 0.409. The van der Waals surface area contributed by atoms with Crippen molar-refractivity contribution in [3.05, 3.63) is 64.1 Å². The maximum atomic E-state index is 12.4. The van der Waals surface area contributed by atoms with Gasteiger partial charge in [-0.2, -0.15) is 0 Å². The van der Waals surface area contributed by atoms with Gasteiger partial charge in [0.15, 0.2) is 0 Å². The molecular formula is C22H27Cl2N3O3S. The molecule has 2 aromatic carbocycles. The van der Waals surface area contributed by atoms with Crippen molar-refractivity contribution in [3.63, 3.8) is 0 Å². The highest BCUT2D eigenvalue weighted by atomic mass is 35.5. The van der Waals surface area contributed by atoms with E-state index in [9.17, 15) is 13.2 Å². The van der Waals surface area contributed by atoms with Crippen LogP contribution >= 0.6 is 23.2 Å². The van der Waals surface area contributed by atoms with Gasteiger partial charge in [-0.15, -0.1) is 0 Å². The lowest BCUT2D eigenvalue weighted by molar-refractivity contribution is 0.230. The molecular weight excluding hydrogens is 457 g/mol. The van der Waals surface area contributed by atoms with Crippen LogP contribution in [-0.4, -0.2) is 27.5 Å². The average molecular weight is 484 g/mol. The molecule has 3 N–H and O–H groups in total. The van der Waals surface area contributed by atoms with Gasteiger partial charge in [0.2, 0.25) is 10.0 Å². The number of carbonyl (C=O) groups excluding carboxylic acids is 1. The number of halogens is 2. The molecule has 9 heteroatoms. The van der Waals surface area contributed by atoms with Crippen LogP contribution in [0.3, 0.4) is 0 Å². The number of carbonyl (C=O) groups is 1. The Morgan fingerprint density at radius 3 is 2.13 bits per heavy atom. The number of hydrogen-bond acceptors (Lipinski definition) is 3. The first-order valence-corrected chi connectivity index (χ1v) is 12.6. The molecule has 1 saturated carbocycles. The minimum Gasteiger partial charge on any atom is -0.338 e. The van der Waals surface area contributed by atoms with Gasteiger partial charge in [0, 0.05) is 29.7 Å². The summed E-state index contributed by atoms with van der Waals surface area (Å²) in [6.07, 6.45) is 3.77. The summed E-state index contributed by atoms with van der Waals surface area (Å²) in [5.74, 6) is 0.697. The van der Waals surface area contributed by atoms with E-state index >= 15 is 0 Å². The summed E-state index contributed by atoms with van der Waals surface area (Å²) in [6, 6.07) is 13.3. The molecule has 0 spiro atoms. The third-order valence-corrected chi connectivity index (χ3v) is 7.66. The molecule has 0 unspecified atom stereocenters. The predicted molar refractivity (Wildman–Crippen MR) is 124 cm³/mol. The number of rotatable bonds is 8. The van der Waals surface area contributed by atoms with E-state index in [-0.39, 0.29) is 10.9 Å². The molecule has 3 rings (SSSR count). The zero-order valence-electron chi connectivity index (χ0n) is 17.1. The van der Waals surface area contributed by atoms with Crippen LogP contribution in [0.2, 0.25) is 10.0 Å². The van der Waals surface area contributed by atoms with Crippen molar-refractivity contribution in [1.29, 1.82) is 0 Å². The van der Waals surface area contributed by atoms with Gasteiger partial charge in [-0.1, -0.05) is 41.4 Å². The molecule has 2 aromatic rings. The van der Waals surface area contributed by atoms with Crippen LogP contribution in [0.4, 0.5) is 4.79 Å². The highest BCUT2D eigenvalue weighted by Gasteiger charge is 2.23. The van der Waals surface area contributed by atoms with Gasteiger partial charge in [-0.3, -0.25) is 0 Å². The van der Waals surface area contributed by atoms with Crippen LogP contribution in [0.25, 0.3) is 0 Å². The third-order valence-electron chi connectivity index (χ3n) is 5.60. The van der Waals surface area contributed by atoms with E-state index in [0.717, 1.165) is 31.2 Å². The summed E-state index contributed by atoms with van der Waals surface area (Å²) in [7, 11) is -3.53. The Bertz CT molecular complexity index is 976. The maximum absolute atomic E-state index is 12.4. The zero-order chi connectivity index (χ0) is 22.3. The molecule has 0 radical (unpaired) electrons. The monoisotopic (exact) mass is 483 g/mol. The van der Waals surface area contributed by atoms with E-state index in [0.29, 0.717) is 41.5 Å². The predicted octanol–water partition coefficient (Wildman–Crippen LogP) is 4.58. The average Bonchev–Trinajstić information content (AvgIpc) is 2.77. The van der Waals surface area contributed by atoms with Crippen molar-refractivity contribution >= 4 is 39.3 Å². The van der Waals surface area contributed by atoms with Crippen LogP contribution in [0, 0.1) is 11.8 Å². The highest BCUT2D eigenvalue weighted by molar-refractivity contribution is 7.89. The number of nitrogens with one attached hydrogen (secondary N) is 3. The van der Waals surface area contributed by atoms with E-state index in [2.05, 4.69) is 15.4 Å². The number of benzene rings is 2. The largest absolute Gasteiger partial charge is 0.338 e. The number of amides is 2. The molecule has 1 aliphatic rings. The van der Waals surface area contributed by atoms with Crippen LogP contribution < -0.4 is 15.4 Å². The molecule has 2 amide bonds. The molecule has 0 bridgehead atoms. The molecule has 168 valence electrons. The quantitative estimate of drug-likeness (QED) is 0.513. The summed E-state index contributed by atoms with van der Waals surface area (Å²) in [4.78, 5) is 12.3. The third kappa shape index (κ3) is 7.38. The van der Waals surface area contributed by atoms with E-state index in [1.807, 2.05) is 18.2 Å². The van der Waals surface area contributed by atoms with Gasteiger partial charge in [-0.05, 0) is 73.4 Å². The Labute approximate surface area is 193 Å². The second kappa shape index (κ2) is 11.2. The van der Waals surface area contributed by atoms with Gasteiger partial charge in [-0.25, -0.2) is 17.9 Å². The highest BCUT2D eigenvalue weighted by Crippen LogP contribution is 2.28. The first-order valence-electron chi connectivity index (χ1n) is 10.3. The summed E-state index contributed by atoms with van der Waals surface area (Å²) in [6.45, 7) is 1.41. The standard InChI is InChI=1S/C22H27Cl2N3O3S/c23-19-9-11-20(12-10-19)31(29,30)27-14-17-7-5-16(6-8-17)13-25-22(28)26-15-18-3-1-2-4-21(18)24/h1-4,9-12,16-17,27H,5-8,13-15H2,(H2,25,26,28). The van der Waals surface area contributed by atoms with Crippen molar-refractivity contribution in [2.24, 2.45) is 11.8 Å². The van der Waals surface area contributed by atoms with Crippen LogP contribution in [0.15, 0.2) is 53.4 Å². The van der Waals surface area contributed by atoms with Crippen molar-refractivity contribution < 1.29 is 13.2 Å². The lowest BCUT2D eigenvalue weighted by atomic mass is 9.82. The lowest BCUT2D eigenvalue weighted by Gasteiger charge is -2.28. The minimum atomic E-state index is -3.53. The number of sulfonamides is 1. The minimum absolute atomic E-state index is 0.210. The van der Waals surface area contributed by atoms with Gasteiger partial charge in [0.05, 0.1) is 4.90 Å². The fourth-order valence-electron chi connectivity index (χ4n) is 3.68. The first-order chi connectivity index (χ1) is 14.8. The van der Waals surface area contributed by atoms with E-state index in [1.165, 1.54) is 12.1 Å². The summed E-state index contributed by atoms with van der Waals surface area (Å²) in [5, 5.41) is 6.88. The Morgan fingerprint density at radius 1 is 0.871 bits per heavy atom. The zero-order valence-corrected chi connectivity index (χ0v) is 19.4. The van der Waals surface area contributed by atoms with Crippen molar-refractivity contribution in [2.45, 2.75) is 37.1 Å². The molecule has 0 heterocycles. The van der Waals surface area contributed by atoms with Crippen molar-refractivity contribution in [2.75, 3.05) is 13.1 Å². The van der Waals surface area contributed by atoms with E-state index < -0.39 is 10.0 Å². The van der Waals surface area contributed by atoms with Gasteiger partial charge in [0.1, 0.15) is 0 Å². The normalized spacial score (nSPS) is 19.0. The van der Waals surface area contributed by atoms with E-state index in [1.54, 1.807) is 18.2 Å². The first kappa shape index (κ1) is 23.9. The summed E-state index contributed by atoms with van der Waals surface area (Å²) in [5.41, 5.74) is 0.876. The van der Waals surface area contributed by atoms with Crippen LogP contribution in [0.5, 0.6) is 0 Å². The number of hydrogen-bond donors (Lipinski definition) is 3. The molecule has 0 aromatic heterocycles. The molecule has 1 fully saturated rings. The number of urea groups is 1. The SMILES string of the molecule is O=C(NCc1ccccc1Cl)NCC1CCC(CNS(=O)(=O)c2ccc(Cl)cc2)CC1. The molecule has 0 saturated heterocycles. The second-order valence-corrected chi connectivity index (χ2v) is 10.5. The van der Waals surface area contributed by atoms with Crippen LogP contribution in [-0.2, 0) is 16.6 Å². The molecule has 6 nitrogen and oxygen atoms in total. The Kier molecular flexibility index (Phi) is 8.60. The van der Waals surface area contributed by atoms with Gasteiger partial charge in [0.25, 0.3) is 0 Å². The summed E-state index contributed by atoms with van der Waals surface area (Å²) < 4.78 is 27.5. The molecule has 31 heavy (non-hydrogen) atoms. The van der Waals surface area contributed by atoms with Gasteiger partial charge >= 0.3 is 6.03 Å². The topological polar surface area (TPSA) is 87.3 Å². The van der Waals surface area contributed by atoms with E-state index in [4.69, 9.17) is 23.2 Å². The Morgan fingerprint density at radius 2 is 1.48 bits per heavy atom. The summed E-state index contributed by atoms with van der Waals surface area (Å²) >= 11 is 11.9. The lowest BCUT2D eigenvalue weighted by Crippen LogP contribution is -2.39. The Balaban J connectivity index is 1.34. The maximum Gasteiger partial charge on any atom is 0.315 e. The van der Waals surface area contributed by atoms with Gasteiger partial charge < -0.3 is 10.6 Å². The molecule has 0 atom stereocenters. The van der Waals surface area contributed by atoms with Crippen LogP contribution in [0.1, 0.15) is 31.2 Å². The second-order valence-electron chi connectivity index (χ2n) is 7.85. The molecule has 1 aliphatic carbocycles.